The van der Waals surface area contributed by atoms with Gasteiger partial charge in [-0.15, -0.1) is 0 Å². The van der Waals surface area contributed by atoms with Gasteiger partial charge < -0.3 is 9.84 Å². The first-order valence-corrected chi connectivity index (χ1v) is 10.3. The van der Waals surface area contributed by atoms with Crippen molar-refractivity contribution in [3.63, 3.8) is 0 Å². The van der Waals surface area contributed by atoms with E-state index in [-0.39, 0.29) is 28.4 Å². The van der Waals surface area contributed by atoms with Crippen LogP contribution in [0.25, 0.3) is 10.9 Å². The molecule has 5 nitrogen and oxygen atoms in total. The van der Waals surface area contributed by atoms with Crippen molar-refractivity contribution in [2.45, 2.75) is 39.3 Å². The van der Waals surface area contributed by atoms with Gasteiger partial charge >= 0.3 is 12.1 Å². The molecule has 0 radical (unpaired) electrons. The Bertz CT molecular complexity index is 1210. The van der Waals surface area contributed by atoms with Crippen LogP contribution in [0.4, 0.5) is 17.6 Å². The molecule has 176 valence electrons. The summed E-state index contributed by atoms with van der Waals surface area (Å²) in [6, 6.07) is 6.08. The number of benzene rings is 2. The van der Waals surface area contributed by atoms with Crippen LogP contribution < -0.4 is 4.74 Å². The predicted octanol–water partition coefficient (Wildman–Crippen LogP) is 6.02. The first kappa shape index (κ1) is 24.3. The Labute approximate surface area is 187 Å². The lowest BCUT2D eigenvalue weighted by atomic mass is 9.84. The van der Waals surface area contributed by atoms with Gasteiger partial charge in [0.1, 0.15) is 0 Å². The molecule has 33 heavy (non-hydrogen) atoms. The first-order valence-electron chi connectivity index (χ1n) is 10.3. The number of aliphatic carboxylic acids is 1. The molecular weight excluding hydrogens is 442 g/mol. The van der Waals surface area contributed by atoms with Gasteiger partial charge in [-0.25, -0.2) is 4.39 Å². The molecule has 0 amide bonds. The number of halogens is 4. The first-order chi connectivity index (χ1) is 15.4. The van der Waals surface area contributed by atoms with Crippen molar-refractivity contribution in [2.75, 3.05) is 7.11 Å². The van der Waals surface area contributed by atoms with Gasteiger partial charge in [0, 0.05) is 22.7 Å². The van der Waals surface area contributed by atoms with E-state index in [1.54, 1.807) is 13.8 Å². The van der Waals surface area contributed by atoms with Gasteiger partial charge in [0.05, 0.1) is 24.1 Å². The van der Waals surface area contributed by atoms with Crippen LogP contribution in [-0.2, 0) is 11.0 Å². The summed E-state index contributed by atoms with van der Waals surface area (Å²) in [6.07, 6.45) is -4.02. The summed E-state index contributed by atoms with van der Waals surface area (Å²) < 4.78 is 59.5. The van der Waals surface area contributed by atoms with Crippen molar-refractivity contribution >= 4 is 22.8 Å². The largest absolute Gasteiger partial charge is 0.494 e. The minimum Gasteiger partial charge on any atom is -0.494 e. The molecular formula is C24H23F4NO4. The third-order valence-corrected chi connectivity index (χ3v) is 5.98. The van der Waals surface area contributed by atoms with Gasteiger partial charge in [-0.2, -0.15) is 13.2 Å². The van der Waals surface area contributed by atoms with Crippen molar-refractivity contribution in [1.29, 1.82) is 0 Å². The van der Waals surface area contributed by atoms with E-state index in [2.05, 4.69) is 0 Å². The number of hydrogen-bond acceptors (Lipinski definition) is 3. The van der Waals surface area contributed by atoms with Crippen molar-refractivity contribution < 1.29 is 37.0 Å². The number of aromatic nitrogens is 1. The summed E-state index contributed by atoms with van der Waals surface area (Å²) >= 11 is 0. The van der Waals surface area contributed by atoms with Crippen molar-refractivity contribution in [1.82, 2.24) is 4.57 Å². The van der Waals surface area contributed by atoms with Crippen molar-refractivity contribution in [3.8, 4) is 5.75 Å². The zero-order valence-corrected chi connectivity index (χ0v) is 18.5. The standard InChI is InChI=1S/C24H23F4NO4/c1-5-12(2)20(23(31)32)21-13(3)29(18-11-17(25)19(33-4)10-16(18)21)22(30)14-6-8-15(9-7-14)24(26,27)28/h6-12,20H,5H2,1-4H3,(H,31,32)/t12?,20-/m0/s1. The van der Waals surface area contributed by atoms with E-state index in [0.717, 1.165) is 34.9 Å². The summed E-state index contributed by atoms with van der Waals surface area (Å²) in [4.78, 5) is 25.5. The molecule has 2 atom stereocenters. The quantitative estimate of drug-likeness (QED) is 0.452. The fourth-order valence-electron chi connectivity index (χ4n) is 4.07. The van der Waals surface area contributed by atoms with E-state index >= 15 is 0 Å². The monoisotopic (exact) mass is 465 g/mol. The maximum Gasteiger partial charge on any atom is 0.416 e. The number of alkyl halides is 3. The summed E-state index contributed by atoms with van der Waals surface area (Å²) in [5.41, 5.74) is -0.241. The molecule has 1 aromatic heterocycles. The number of carbonyl (C=O) groups is 2. The molecule has 2 aromatic carbocycles. The highest BCUT2D eigenvalue weighted by molar-refractivity contribution is 6.05. The van der Waals surface area contributed by atoms with E-state index in [4.69, 9.17) is 4.74 Å². The Morgan fingerprint density at radius 2 is 1.76 bits per heavy atom. The van der Waals surface area contributed by atoms with E-state index in [1.807, 2.05) is 6.92 Å². The van der Waals surface area contributed by atoms with Gasteiger partial charge in [0.15, 0.2) is 11.6 Å². The van der Waals surface area contributed by atoms with Gasteiger partial charge in [-0.1, -0.05) is 20.3 Å². The van der Waals surface area contributed by atoms with Gasteiger partial charge in [0.25, 0.3) is 5.91 Å². The van der Waals surface area contributed by atoms with Crippen LogP contribution >= 0.6 is 0 Å². The topological polar surface area (TPSA) is 68.5 Å². The maximum absolute atomic E-state index is 14.6. The highest BCUT2D eigenvalue weighted by atomic mass is 19.4. The lowest BCUT2D eigenvalue weighted by molar-refractivity contribution is -0.140. The molecule has 0 bridgehead atoms. The molecule has 0 spiro atoms. The molecule has 0 aliphatic rings. The average molecular weight is 465 g/mol. The molecule has 0 fully saturated rings. The average Bonchev–Trinajstić information content (AvgIpc) is 3.02. The second kappa shape index (κ2) is 8.88. The highest BCUT2D eigenvalue weighted by Crippen LogP contribution is 2.40. The van der Waals surface area contributed by atoms with Gasteiger partial charge in [0.2, 0.25) is 0 Å². The van der Waals surface area contributed by atoms with Crippen molar-refractivity contribution in [2.24, 2.45) is 5.92 Å². The summed E-state index contributed by atoms with van der Waals surface area (Å²) in [7, 11) is 1.27. The molecule has 3 aromatic rings. The number of carboxylic acid groups (broad SMARTS) is 1. The fraction of sp³-hybridized carbons (Fsp3) is 0.333. The maximum atomic E-state index is 14.6. The summed E-state index contributed by atoms with van der Waals surface area (Å²) in [5, 5.41) is 10.3. The molecule has 0 aliphatic heterocycles. The minimum absolute atomic E-state index is 0.0545. The number of hydrogen-bond donors (Lipinski definition) is 1. The number of carbonyl (C=O) groups excluding carboxylic acids is 1. The molecule has 0 saturated heterocycles. The number of carboxylic acids is 1. The molecule has 0 saturated carbocycles. The number of rotatable bonds is 6. The van der Waals surface area contributed by atoms with Gasteiger partial charge in [-0.05, 0) is 48.7 Å². The fourth-order valence-corrected chi connectivity index (χ4v) is 4.07. The van der Waals surface area contributed by atoms with Crippen LogP contribution in [0.1, 0.15) is 53.4 Å². The third kappa shape index (κ3) is 4.31. The Hall–Kier alpha value is -3.36. The molecule has 9 heteroatoms. The lowest BCUT2D eigenvalue weighted by Gasteiger charge is -2.20. The number of nitrogens with zero attached hydrogens (tertiary/aromatic N) is 1. The van der Waals surface area contributed by atoms with Crippen LogP contribution in [0.2, 0.25) is 0 Å². The predicted molar refractivity (Wildman–Crippen MR) is 114 cm³/mol. The molecule has 0 aliphatic carbocycles. The van der Waals surface area contributed by atoms with Crippen molar-refractivity contribution in [3.05, 3.63) is 64.6 Å². The normalized spacial score (nSPS) is 13.7. The van der Waals surface area contributed by atoms with E-state index in [9.17, 15) is 32.3 Å². The van der Waals surface area contributed by atoms with E-state index in [0.29, 0.717) is 17.4 Å². The summed E-state index contributed by atoms with van der Waals surface area (Å²) in [5.74, 6) is -3.97. The van der Waals surface area contributed by atoms with Crippen LogP contribution in [0.15, 0.2) is 36.4 Å². The zero-order valence-electron chi connectivity index (χ0n) is 18.5. The zero-order chi connectivity index (χ0) is 24.7. The number of methoxy groups -OCH3 is 1. The summed E-state index contributed by atoms with van der Waals surface area (Å²) in [6.45, 7) is 5.14. The molecule has 1 heterocycles. The Morgan fingerprint density at radius 3 is 2.24 bits per heavy atom. The lowest BCUT2D eigenvalue weighted by Crippen LogP contribution is -2.21. The van der Waals surface area contributed by atoms with Crippen LogP contribution in [0.5, 0.6) is 5.75 Å². The second-order valence-corrected chi connectivity index (χ2v) is 7.92. The molecule has 1 unspecified atom stereocenters. The molecule has 3 rings (SSSR count). The number of fused-ring (bicyclic) bond motifs is 1. The Kier molecular flexibility index (Phi) is 6.53. The Morgan fingerprint density at radius 1 is 1.15 bits per heavy atom. The third-order valence-electron chi connectivity index (χ3n) is 5.98. The van der Waals surface area contributed by atoms with E-state index in [1.165, 1.54) is 13.2 Å². The van der Waals surface area contributed by atoms with Crippen LogP contribution in [0.3, 0.4) is 0 Å². The highest BCUT2D eigenvalue weighted by Gasteiger charge is 2.34. The minimum atomic E-state index is -4.56. The number of ether oxygens (including phenoxy) is 1. The van der Waals surface area contributed by atoms with E-state index < -0.39 is 35.4 Å². The van der Waals surface area contributed by atoms with Crippen LogP contribution in [-0.4, -0.2) is 28.7 Å². The van der Waals surface area contributed by atoms with Gasteiger partial charge in [-0.3, -0.25) is 14.2 Å². The van der Waals surface area contributed by atoms with Crippen LogP contribution in [0, 0.1) is 18.7 Å². The second-order valence-electron chi connectivity index (χ2n) is 7.92. The Balaban J connectivity index is 2.30. The SMILES string of the molecule is CCC(C)[C@H](C(=O)O)c1c(C)n(C(=O)c2ccc(C(F)(F)F)cc2)c2cc(F)c(OC)cc12. The smallest absolute Gasteiger partial charge is 0.416 e. The molecule has 1 N–H and O–H groups in total.